The lowest BCUT2D eigenvalue weighted by Crippen LogP contribution is -2.57. The molecule has 1 N–H and O–H groups in total. The van der Waals surface area contributed by atoms with Gasteiger partial charge in [-0.1, -0.05) is 0 Å². The summed E-state index contributed by atoms with van der Waals surface area (Å²) >= 11 is 0. The normalized spacial score (nSPS) is 27.1. The molecule has 1 aromatic carbocycles. The highest BCUT2D eigenvalue weighted by atomic mass is 16.5. The molecule has 3 unspecified atom stereocenters. The second-order valence-electron chi connectivity index (χ2n) is 8.80. The highest BCUT2D eigenvalue weighted by Crippen LogP contribution is 2.36. The van der Waals surface area contributed by atoms with Crippen LogP contribution in [0.3, 0.4) is 0 Å². The summed E-state index contributed by atoms with van der Waals surface area (Å²) in [6, 6.07) is 4.75. The third kappa shape index (κ3) is 4.07. The minimum absolute atomic E-state index is 0.000167. The molecule has 1 aromatic rings. The van der Waals surface area contributed by atoms with Crippen LogP contribution < -0.4 is 14.8 Å². The molecule has 8 nitrogen and oxygen atoms in total. The Hall–Kier alpha value is -2.77. The summed E-state index contributed by atoms with van der Waals surface area (Å²) in [5.74, 6) is 0.744. The predicted octanol–water partition coefficient (Wildman–Crippen LogP) is 2.32. The number of rotatable bonds is 3. The molecule has 0 aromatic heterocycles. The first-order valence-electron chi connectivity index (χ1n) is 11.1. The number of carbonyl (C=O) groups is 3. The molecule has 4 rings (SSSR count). The summed E-state index contributed by atoms with van der Waals surface area (Å²) < 4.78 is 11.5. The number of hydrogen-bond donors (Lipinski definition) is 1. The number of amides is 3. The quantitative estimate of drug-likeness (QED) is 0.797. The molecular formula is C23H31N3O5. The SMILES string of the molecule is COc1ccc2c(c1)OC1(CCC(=O)N(C(C)C(=O)N3CCCCC3C)CC1)NC2=O. The molecule has 168 valence electrons. The highest BCUT2D eigenvalue weighted by molar-refractivity contribution is 5.98. The van der Waals surface area contributed by atoms with Crippen molar-refractivity contribution in [3.05, 3.63) is 23.8 Å². The number of nitrogens with one attached hydrogen (secondary N) is 1. The number of ether oxygens (including phenoxy) is 2. The topological polar surface area (TPSA) is 88.2 Å². The van der Waals surface area contributed by atoms with Crippen molar-refractivity contribution in [3.63, 3.8) is 0 Å². The summed E-state index contributed by atoms with van der Waals surface area (Å²) in [5, 5.41) is 2.97. The van der Waals surface area contributed by atoms with Crippen molar-refractivity contribution in [3.8, 4) is 11.5 Å². The van der Waals surface area contributed by atoms with E-state index in [0.717, 1.165) is 25.8 Å². The van der Waals surface area contributed by atoms with Crippen LogP contribution in [0.1, 0.15) is 62.7 Å². The number of methoxy groups -OCH3 is 1. The first-order valence-corrected chi connectivity index (χ1v) is 11.1. The second-order valence-corrected chi connectivity index (χ2v) is 8.80. The first-order chi connectivity index (χ1) is 14.8. The number of piperidine rings is 1. The number of hydrogen-bond acceptors (Lipinski definition) is 5. The van der Waals surface area contributed by atoms with E-state index in [0.29, 0.717) is 36.4 Å². The van der Waals surface area contributed by atoms with Gasteiger partial charge in [-0.2, -0.15) is 0 Å². The van der Waals surface area contributed by atoms with E-state index in [-0.39, 0.29) is 30.2 Å². The van der Waals surface area contributed by atoms with E-state index in [1.54, 1.807) is 37.1 Å². The zero-order valence-electron chi connectivity index (χ0n) is 18.5. The Bertz CT molecular complexity index is 888. The average Bonchev–Trinajstić information content (AvgIpc) is 2.91. The van der Waals surface area contributed by atoms with Crippen LogP contribution in [-0.4, -0.2) is 65.5 Å². The van der Waals surface area contributed by atoms with Gasteiger partial charge in [0.15, 0.2) is 5.72 Å². The highest BCUT2D eigenvalue weighted by Gasteiger charge is 2.44. The Morgan fingerprint density at radius 3 is 2.81 bits per heavy atom. The molecule has 0 bridgehead atoms. The monoisotopic (exact) mass is 429 g/mol. The van der Waals surface area contributed by atoms with Gasteiger partial charge in [0.05, 0.1) is 12.7 Å². The van der Waals surface area contributed by atoms with E-state index in [4.69, 9.17) is 9.47 Å². The van der Waals surface area contributed by atoms with E-state index < -0.39 is 11.8 Å². The maximum Gasteiger partial charge on any atom is 0.258 e. The van der Waals surface area contributed by atoms with Gasteiger partial charge >= 0.3 is 0 Å². The first kappa shape index (κ1) is 21.5. The Morgan fingerprint density at radius 1 is 1.26 bits per heavy atom. The minimum atomic E-state index is -0.970. The smallest absolute Gasteiger partial charge is 0.258 e. The van der Waals surface area contributed by atoms with Crippen LogP contribution in [-0.2, 0) is 9.59 Å². The van der Waals surface area contributed by atoms with Gasteiger partial charge in [-0.25, -0.2) is 0 Å². The van der Waals surface area contributed by atoms with Gasteiger partial charge in [0.2, 0.25) is 11.8 Å². The molecule has 3 amide bonds. The molecule has 2 fully saturated rings. The molecule has 1 spiro atoms. The summed E-state index contributed by atoms with van der Waals surface area (Å²) in [6.07, 6.45) is 4.10. The van der Waals surface area contributed by atoms with Crippen molar-refractivity contribution in [1.29, 1.82) is 0 Å². The molecule has 31 heavy (non-hydrogen) atoms. The van der Waals surface area contributed by atoms with Crippen LogP contribution in [0.2, 0.25) is 0 Å². The lowest BCUT2D eigenvalue weighted by atomic mass is 10.00. The van der Waals surface area contributed by atoms with E-state index in [1.807, 2.05) is 4.90 Å². The largest absolute Gasteiger partial charge is 0.497 e. The van der Waals surface area contributed by atoms with Crippen LogP contribution in [0.15, 0.2) is 18.2 Å². The van der Waals surface area contributed by atoms with E-state index in [2.05, 4.69) is 12.2 Å². The van der Waals surface area contributed by atoms with Crippen molar-refractivity contribution in [2.75, 3.05) is 20.2 Å². The Kier molecular flexibility index (Phi) is 5.81. The van der Waals surface area contributed by atoms with Crippen molar-refractivity contribution in [2.24, 2.45) is 0 Å². The predicted molar refractivity (Wildman–Crippen MR) is 114 cm³/mol. The van der Waals surface area contributed by atoms with Crippen molar-refractivity contribution >= 4 is 17.7 Å². The molecule has 3 heterocycles. The standard InChI is InChI=1S/C23H31N3O5/c1-15-6-4-5-12-25(15)22(29)16(2)26-13-11-23(10-9-20(26)27)24-21(28)18-8-7-17(30-3)14-19(18)31-23/h7-8,14-16H,4-6,9-13H2,1-3H3,(H,24,28). The van der Waals surface area contributed by atoms with Crippen LogP contribution in [0.4, 0.5) is 0 Å². The maximum atomic E-state index is 13.1. The Balaban J connectivity index is 1.51. The van der Waals surface area contributed by atoms with Gasteiger partial charge in [-0.3, -0.25) is 14.4 Å². The molecule has 3 atom stereocenters. The molecule has 0 radical (unpaired) electrons. The number of carbonyl (C=O) groups excluding carboxylic acids is 3. The number of nitrogens with zero attached hydrogens (tertiary/aromatic N) is 2. The molecule has 0 saturated carbocycles. The molecule has 3 aliphatic heterocycles. The average molecular weight is 430 g/mol. The molecule has 3 aliphatic rings. The lowest BCUT2D eigenvalue weighted by Gasteiger charge is -2.39. The van der Waals surface area contributed by atoms with E-state index >= 15 is 0 Å². The van der Waals surface area contributed by atoms with Gasteiger partial charge in [0.1, 0.15) is 17.5 Å². The Morgan fingerprint density at radius 2 is 2.06 bits per heavy atom. The van der Waals surface area contributed by atoms with Crippen LogP contribution >= 0.6 is 0 Å². The summed E-state index contributed by atoms with van der Waals surface area (Å²) in [7, 11) is 1.56. The van der Waals surface area contributed by atoms with Gasteiger partial charge in [-0.05, 0) is 45.2 Å². The fraction of sp³-hybridized carbons (Fsp3) is 0.609. The fourth-order valence-electron chi connectivity index (χ4n) is 4.85. The van der Waals surface area contributed by atoms with E-state index in [1.165, 1.54) is 0 Å². The summed E-state index contributed by atoms with van der Waals surface area (Å²) in [5.41, 5.74) is -0.524. The van der Waals surface area contributed by atoms with Crippen LogP contribution in [0, 0.1) is 0 Å². The maximum absolute atomic E-state index is 13.1. The lowest BCUT2D eigenvalue weighted by molar-refractivity contribution is -0.147. The number of likely N-dealkylation sites (tertiary alicyclic amines) is 2. The van der Waals surface area contributed by atoms with Gasteiger partial charge in [0, 0.05) is 44.5 Å². The molecule has 0 aliphatic carbocycles. The van der Waals surface area contributed by atoms with E-state index in [9.17, 15) is 14.4 Å². The van der Waals surface area contributed by atoms with Crippen molar-refractivity contribution < 1.29 is 23.9 Å². The summed E-state index contributed by atoms with van der Waals surface area (Å²) in [4.78, 5) is 42.4. The minimum Gasteiger partial charge on any atom is -0.497 e. The second kappa shape index (κ2) is 8.40. The zero-order valence-corrected chi connectivity index (χ0v) is 18.5. The van der Waals surface area contributed by atoms with Gasteiger partial charge < -0.3 is 24.6 Å². The zero-order chi connectivity index (χ0) is 22.2. The van der Waals surface area contributed by atoms with Crippen LogP contribution in [0.5, 0.6) is 11.5 Å². The number of benzene rings is 1. The van der Waals surface area contributed by atoms with Crippen molar-refractivity contribution in [1.82, 2.24) is 15.1 Å². The summed E-state index contributed by atoms with van der Waals surface area (Å²) in [6.45, 7) is 4.96. The Labute approximate surface area is 182 Å². The third-order valence-corrected chi connectivity index (χ3v) is 6.81. The third-order valence-electron chi connectivity index (χ3n) is 6.81. The van der Waals surface area contributed by atoms with Gasteiger partial charge in [0.25, 0.3) is 5.91 Å². The fourth-order valence-corrected chi connectivity index (χ4v) is 4.85. The van der Waals surface area contributed by atoms with Crippen molar-refractivity contribution in [2.45, 2.75) is 70.2 Å². The number of fused-ring (bicyclic) bond motifs is 1. The molecule has 2 saturated heterocycles. The molecular weight excluding hydrogens is 398 g/mol. The van der Waals surface area contributed by atoms with Crippen LogP contribution in [0.25, 0.3) is 0 Å². The molecule has 8 heteroatoms. The van der Waals surface area contributed by atoms with Gasteiger partial charge in [-0.15, -0.1) is 0 Å².